The molecule has 1 aliphatic rings. The molecule has 2 rings (SSSR count). The van der Waals surface area contributed by atoms with Gasteiger partial charge in [-0.2, -0.15) is 4.72 Å². The molecule has 8 nitrogen and oxygen atoms in total. The normalized spacial score (nSPS) is 16.6. The summed E-state index contributed by atoms with van der Waals surface area (Å²) >= 11 is 0. The van der Waals surface area contributed by atoms with Crippen molar-refractivity contribution in [2.75, 3.05) is 18.5 Å². The smallest absolute Gasteiger partial charge is 0.241 e. The number of hydrogen-bond acceptors (Lipinski definition) is 5. The first kappa shape index (κ1) is 16.4. The van der Waals surface area contributed by atoms with Gasteiger partial charge in [-0.1, -0.05) is 0 Å². The zero-order valence-corrected chi connectivity index (χ0v) is 12.8. The Morgan fingerprint density at radius 1 is 1.27 bits per heavy atom. The maximum atomic E-state index is 12.3. The minimum absolute atomic E-state index is 0.0253. The summed E-state index contributed by atoms with van der Waals surface area (Å²) in [6.07, 6.45) is -0.129. The van der Waals surface area contributed by atoms with E-state index in [-0.39, 0.29) is 30.4 Å². The van der Waals surface area contributed by atoms with Gasteiger partial charge in [0, 0.05) is 12.6 Å². The number of nitrogens with two attached hydrogens (primary N) is 1. The van der Waals surface area contributed by atoms with Crippen molar-refractivity contribution in [1.82, 2.24) is 4.72 Å². The molecule has 9 heteroatoms. The van der Waals surface area contributed by atoms with Gasteiger partial charge in [0.1, 0.15) is 0 Å². The van der Waals surface area contributed by atoms with Gasteiger partial charge in [-0.05, 0) is 24.3 Å². The van der Waals surface area contributed by atoms with Crippen molar-refractivity contribution in [2.45, 2.75) is 23.8 Å². The van der Waals surface area contributed by atoms with E-state index in [9.17, 15) is 18.0 Å². The van der Waals surface area contributed by atoms with E-state index in [1.807, 2.05) is 0 Å². The van der Waals surface area contributed by atoms with Gasteiger partial charge in [0.05, 0.1) is 30.1 Å². The van der Waals surface area contributed by atoms with E-state index in [1.165, 1.54) is 31.2 Å². The van der Waals surface area contributed by atoms with Crippen molar-refractivity contribution in [3.8, 4) is 0 Å². The van der Waals surface area contributed by atoms with E-state index in [0.29, 0.717) is 5.69 Å². The molecule has 0 aromatic heterocycles. The molecule has 0 radical (unpaired) electrons. The van der Waals surface area contributed by atoms with Crippen LogP contribution in [0, 0.1) is 0 Å². The molecule has 1 aromatic carbocycles. The maximum absolute atomic E-state index is 12.3. The molecule has 2 amide bonds. The van der Waals surface area contributed by atoms with Crippen LogP contribution in [0.4, 0.5) is 5.69 Å². The first-order chi connectivity index (χ1) is 10.2. The lowest BCUT2D eigenvalue weighted by molar-refractivity contribution is -0.126. The molecule has 1 fully saturated rings. The largest absolute Gasteiger partial charge is 0.377 e. The Morgan fingerprint density at radius 3 is 2.27 bits per heavy atom. The topological polar surface area (TPSA) is 128 Å². The van der Waals surface area contributed by atoms with Crippen LogP contribution in [0.3, 0.4) is 0 Å². The third-order valence-electron chi connectivity index (χ3n) is 3.11. The highest BCUT2D eigenvalue weighted by molar-refractivity contribution is 7.89. The van der Waals surface area contributed by atoms with E-state index in [4.69, 9.17) is 10.5 Å². The molecule has 1 aromatic rings. The predicted octanol–water partition coefficient (Wildman–Crippen LogP) is -0.432. The Bertz CT molecular complexity index is 680. The zero-order chi connectivity index (χ0) is 16.4. The van der Waals surface area contributed by atoms with Crippen LogP contribution in [0.5, 0.6) is 0 Å². The maximum Gasteiger partial charge on any atom is 0.241 e. The highest BCUT2D eigenvalue weighted by atomic mass is 32.2. The Kier molecular flexibility index (Phi) is 4.50. The van der Waals surface area contributed by atoms with Crippen LogP contribution in [-0.4, -0.2) is 39.0 Å². The van der Waals surface area contributed by atoms with Crippen molar-refractivity contribution in [3.05, 3.63) is 24.3 Å². The fraction of sp³-hybridized carbons (Fsp3) is 0.385. The summed E-state index contributed by atoms with van der Waals surface area (Å²) < 4.78 is 32.2. The Morgan fingerprint density at radius 2 is 1.86 bits per heavy atom. The van der Waals surface area contributed by atoms with E-state index in [1.54, 1.807) is 0 Å². The monoisotopic (exact) mass is 327 g/mol. The number of ether oxygens (including phenoxy) is 1. The number of primary amides is 1. The second-order valence-electron chi connectivity index (χ2n) is 5.23. The van der Waals surface area contributed by atoms with Crippen molar-refractivity contribution in [2.24, 2.45) is 5.73 Å². The summed E-state index contributed by atoms with van der Waals surface area (Å²) in [4.78, 5) is 22.0. The first-order valence-corrected chi connectivity index (χ1v) is 7.98. The Hall–Kier alpha value is -1.97. The summed E-state index contributed by atoms with van der Waals surface area (Å²) in [5, 5.41) is 2.54. The van der Waals surface area contributed by atoms with Crippen LogP contribution in [-0.2, 0) is 24.3 Å². The van der Waals surface area contributed by atoms with Crippen molar-refractivity contribution >= 4 is 27.5 Å². The van der Waals surface area contributed by atoms with Gasteiger partial charge in [0.2, 0.25) is 21.8 Å². The molecule has 0 saturated carbocycles. The van der Waals surface area contributed by atoms with Crippen LogP contribution in [0.2, 0.25) is 0 Å². The molecule has 0 bridgehead atoms. The van der Waals surface area contributed by atoms with Gasteiger partial charge in [0.15, 0.2) is 0 Å². The molecule has 1 saturated heterocycles. The van der Waals surface area contributed by atoms with Crippen molar-refractivity contribution in [3.63, 3.8) is 0 Å². The molecule has 0 unspecified atom stereocenters. The van der Waals surface area contributed by atoms with Crippen LogP contribution < -0.4 is 15.8 Å². The summed E-state index contributed by atoms with van der Waals surface area (Å²) in [5.74, 6) is -0.854. The molecule has 22 heavy (non-hydrogen) atoms. The van der Waals surface area contributed by atoms with Gasteiger partial charge in [-0.25, -0.2) is 8.42 Å². The summed E-state index contributed by atoms with van der Waals surface area (Å²) in [6.45, 7) is 1.55. The van der Waals surface area contributed by atoms with Crippen LogP contribution >= 0.6 is 0 Å². The quantitative estimate of drug-likeness (QED) is 0.653. The second kappa shape index (κ2) is 6.03. The van der Waals surface area contributed by atoms with E-state index < -0.39 is 21.5 Å². The number of sulfonamides is 1. The lowest BCUT2D eigenvalue weighted by Crippen LogP contribution is -2.63. The SMILES string of the molecule is CC(=O)Nc1ccc(S(=O)(=O)NC2(CC(N)=O)COC2)cc1. The summed E-state index contributed by atoms with van der Waals surface area (Å²) in [7, 11) is -3.82. The van der Waals surface area contributed by atoms with Crippen LogP contribution in [0.25, 0.3) is 0 Å². The number of carbonyl (C=O) groups excluding carboxylic acids is 2. The number of amides is 2. The number of nitrogens with one attached hydrogen (secondary N) is 2. The van der Waals surface area contributed by atoms with Gasteiger partial charge in [0.25, 0.3) is 0 Å². The highest BCUT2D eigenvalue weighted by Crippen LogP contribution is 2.24. The number of anilines is 1. The summed E-state index contributed by atoms with van der Waals surface area (Å²) in [6, 6.07) is 5.69. The molecule has 120 valence electrons. The molecule has 0 spiro atoms. The molecule has 0 aliphatic carbocycles. The Balaban J connectivity index is 2.16. The standard InChI is InChI=1S/C13H17N3O5S/c1-9(17)15-10-2-4-11(5-3-10)22(19,20)16-13(6-12(14)18)7-21-8-13/h2-5,16H,6-8H2,1H3,(H2,14,18)(H,15,17). The number of rotatable bonds is 6. The molecule has 4 N–H and O–H groups in total. The van der Waals surface area contributed by atoms with Gasteiger partial charge >= 0.3 is 0 Å². The van der Waals surface area contributed by atoms with Gasteiger partial charge in [-0.15, -0.1) is 0 Å². The van der Waals surface area contributed by atoms with Crippen LogP contribution in [0.15, 0.2) is 29.2 Å². The lowest BCUT2D eigenvalue weighted by atomic mass is 9.94. The van der Waals surface area contributed by atoms with E-state index in [0.717, 1.165) is 0 Å². The number of carbonyl (C=O) groups is 2. The highest BCUT2D eigenvalue weighted by Gasteiger charge is 2.43. The lowest BCUT2D eigenvalue weighted by Gasteiger charge is -2.40. The van der Waals surface area contributed by atoms with Crippen LogP contribution in [0.1, 0.15) is 13.3 Å². The molecular weight excluding hydrogens is 310 g/mol. The Labute approximate surface area is 128 Å². The van der Waals surface area contributed by atoms with Gasteiger partial charge < -0.3 is 15.8 Å². The minimum atomic E-state index is -3.82. The average Bonchev–Trinajstić information content (AvgIpc) is 2.35. The number of benzene rings is 1. The number of hydrogen-bond donors (Lipinski definition) is 3. The summed E-state index contributed by atoms with van der Waals surface area (Å²) in [5.41, 5.74) is 4.65. The molecule has 1 heterocycles. The third kappa shape index (κ3) is 3.81. The van der Waals surface area contributed by atoms with Crippen molar-refractivity contribution in [1.29, 1.82) is 0 Å². The third-order valence-corrected chi connectivity index (χ3v) is 4.70. The fourth-order valence-electron chi connectivity index (χ4n) is 2.14. The predicted molar refractivity (Wildman–Crippen MR) is 78.4 cm³/mol. The molecule has 1 aliphatic heterocycles. The minimum Gasteiger partial charge on any atom is -0.377 e. The van der Waals surface area contributed by atoms with E-state index >= 15 is 0 Å². The molecule has 0 atom stereocenters. The second-order valence-corrected chi connectivity index (χ2v) is 6.91. The molecular formula is C13H17N3O5S. The van der Waals surface area contributed by atoms with Gasteiger partial charge in [-0.3, -0.25) is 9.59 Å². The van der Waals surface area contributed by atoms with Crippen molar-refractivity contribution < 1.29 is 22.7 Å². The van der Waals surface area contributed by atoms with E-state index in [2.05, 4.69) is 10.0 Å². The first-order valence-electron chi connectivity index (χ1n) is 6.50. The fourth-order valence-corrected chi connectivity index (χ4v) is 3.52. The zero-order valence-electron chi connectivity index (χ0n) is 12.0. The average molecular weight is 327 g/mol.